The van der Waals surface area contributed by atoms with Crippen molar-refractivity contribution in [2.24, 2.45) is 0 Å². The van der Waals surface area contributed by atoms with Crippen LogP contribution in [0, 0.1) is 11.3 Å². The van der Waals surface area contributed by atoms with Gasteiger partial charge < -0.3 is 5.32 Å². The van der Waals surface area contributed by atoms with Crippen LogP contribution in [0.25, 0.3) is 5.65 Å². The Labute approximate surface area is 159 Å². The monoisotopic (exact) mass is 373 g/mol. The zero-order chi connectivity index (χ0) is 19.3. The number of urea groups is 1. The van der Waals surface area contributed by atoms with E-state index in [1.807, 2.05) is 12.1 Å². The van der Waals surface area contributed by atoms with Crippen molar-refractivity contribution in [3.05, 3.63) is 59.3 Å². The average molecular weight is 373 g/mol. The maximum atomic E-state index is 12.3. The summed E-state index contributed by atoms with van der Waals surface area (Å²) in [5.41, 5.74) is 3.91. The van der Waals surface area contributed by atoms with Crippen LogP contribution in [-0.2, 0) is 4.79 Å². The van der Waals surface area contributed by atoms with Gasteiger partial charge in [0.05, 0.1) is 17.2 Å². The number of rotatable bonds is 3. The Bertz CT molecular complexity index is 1160. The highest BCUT2D eigenvalue weighted by Gasteiger charge is 2.42. The molecule has 3 aromatic rings. The highest BCUT2D eigenvalue weighted by Crippen LogP contribution is 2.55. The van der Waals surface area contributed by atoms with Crippen molar-refractivity contribution in [2.45, 2.75) is 24.2 Å². The molecule has 9 heteroatoms. The van der Waals surface area contributed by atoms with Crippen LogP contribution in [-0.4, -0.2) is 38.1 Å². The summed E-state index contributed by atoms with van der Waals surface area (Å²) < 4.78 is 1.67. The molecule has 3 amide bonds. The highest BCUT2D eigenvalue weighted by molar-refractivity contribution is 6.00. The molecule has 0 bridgehead atoms. The molecule has 0 aromatic carbocycles. The Hall–Kier alpha value is -3.80. The number of nitrogens with one attached hydrogen (secondary N) is 2. The van der Waals surface area contributed by atoms with E-state index in [-0.39, 0.29) is 24.3 Å². The van der Waals surface area contributed by atoms with Gasteiger partial charge >= 0.3 is 6.03 Å². The number of hydrogen-bond donors (Lipinski definition) is 2. The molecule has 28 heavy (non-hydrogen) atoms. The molecule has 3 atom stereocenters. The quantitative estimate of drug-likeness (QED) is 0.710. The SMILES string of the molecule is N#Cc1cncc([C@H]2C[C@@H]2c2cc(C3CNC(=O)NC3=O)nn3ccnc23)c1. The molecule has 1 saturated carbocycles. The highest BCUT2D eigenvalue weighted by atomic mass is 16.2. The molecule has 2 fully saturated rings. The predicted molar refractivity (Wildman–Crippen MR) is 96.3 cm³/mol. The smallest absolute Gasteiger partial charge is 0.321 e. The summed E-state index contributed by atoms with van der Waals surface area (Å²) in [4.78, 5) is 32.2. The molecule has 2 N–H and O–H groups in total. The van der Waals surface area contributed by atoms with Gasteiger partial charge in [-0.15, -0.1) is 0 Å². The van der Waals surface area contributed by atoms with Crippen LogP contribution < -0.4 is 10.6 Å². The number of hydrogen-bond acceptors (Lipinski definition) is 6. The second kappa shape index (κ2) is 6.13. The fraction of sp³-hybridized carbons (Fsp3) is 0.263. The normalized spacial score (nSPS) is 23.8. The molecule has 1 saturated heterocycles. The first-order valence-corrected chi connectivity index (χ1v) is 8.92. The van der Waals surface area contributed by atoms with E-state index < -0.39 is 11.9 Å². The van der Waals surface area contributed by atoms with E-state index in [2.05, 4.69) is 31.8 Å². The Kier molecular flexibility index (Phi) is 3.58. The van der Waals surface area contributed by atoms with Gasteiger partial charge in [-0.1, -0.05) is 0 Å². The average Bonchev–Trinajstić information content (AvgIpc) is 3.36. The summed E-state index contributed by atoms with van der Waals surface area (Å²) in [7, 11) is 0. The minimum atomic E-state index is -0.552. The van der Waals surface area contributed by atoms with E-state index in [4.69, 9.17) is 5.26 Å². The number of aromatic nitrogens is 4. The molecule has 2 aliphatic rings. The minimum absolute atomic E-state index is 0.208. The minimum Gasteiger partial charge on any atom is -0.337 e. The van der Waals surface area contributed by atoms with Crippen LogP contribution in [0.4, 0.5) is 4.79 Å². The molecule has 138 valence electrons. The van der Waals surface area contributed by atoms with E-state index in [9.17, 15) is 9.59 Å². The number of fused-ring (bicyclic) bond motifs is 1. The summed E-state index contributed by atoms with van der Waals surface area (Å²) in [5, 5.41) is 18.6. The number of pyridine rings is 1. The number of nitrogens with zero attached hydrogens (tertiary/aromatic N) is 5. The number of imide groups is 1. The third kappa shape index (κ3) is 2.66. The fourth-order valence-corrected chi connectivity index (χ4v) is 3.80. The lowest BCUT2D eigenvalue weighted by atomic mass is 9.99. The van der Waals surface area contributed by atoms with E-state index in [0.29, 0.717) is 11.3 Å². The van der Waals surface area contributed by atoms with Crippen LogP contribution >= 0.6 is 0 Å². The molecule has 3 aromatic heterocycles. The van der Waals surface area contributed by atoms with Crippen molar-refractivity contribution in [1.82, 2.24) is 30.2 Å². The van der Waals surface area contributed by atoms with Gasteiger partial charge in [-0.25, -0.2) is 14.3 Å². The maximum Gasteiger partial charge on any atom is 0.321 e. The Morgan fingerprint density at radius 2 is 2.11 bits per heavy atom. The molecule has 1 aliphatic heterocycles. The molecule has 1 aliphatic carbocycles. The maximum absolute atomic E-state index is 12.3. The third-order valence-corrected chi connectivity index (χ3v) is 5.29. The van der Waals surface area contributed by atoms with Crippen LogP contribution in [0.1, 0.15) is 46.6 Å². The van der Waals surface area contributed by atoms with E-state index in [1.165, 1.54) is 0 Å². The summed E-state index contributed by atoms with van der Waals surface area (Å²) in [6.07, 6.45) is 7.68. The molecule has 1 unspecified atom stereocenters. The number of carbonyl (C=O) groups is 2. The molecule has 9 nitrogen and oxygen atoms in total. The first-order valence-electron chi connectivity index (χ1n) is 8.92. The van der Waals surface area contributed by atoms with Crippen molar-refractivity contribution in [2.75, 3.05) is 6.54 Å². The van der Waals surface area contributed by atoms with E-state index in [1.54, 1.807) is 29.3 Å². The summed E-state index contributed by atoms with van der Waals surface area (Å²) in [5.74, 6) is -0.455. The van der Waals surface area contributed by atoms with Gasteiger partial charge in [0.2, 0.25) is 5.91 Å². The molecule has 0 spiro atoms. The zero-order valence-corrected chi connectivity index (χ0v) is 14.7. The lowest BCUT2D eigenvalue weighted by molar-refractivity contribution is -0.122. The van der Waals surface area contributed by atoms with Gasteiger partial charge in [-0.2, -0.15) is 10.4 Å². The molecule has 0 radical (unpaired) electrons. The van der Waals surface area contributed by atoms with Crippen LogP contribution in [0.5, 0.6) is 0 Å². The van der Waals surface area contributed by atoms with Crippen LogP contribution in [0.2, 0.25) is 0 Å². The van der Waals surface area contributed by atoms with Gasteiger partial charge in [-0.3, -0.25) is 15.1 Å². The van der Waals surface area contributed by atoms with Crippen molar-refractivity contribution in [3.63, 3.8) is 0 Å². The fourth-order valence-electron chi connectivity index (χ4n) is 3.80. The first-order chi connectivity index (χ1) is 13.6. The largest absolute Gasteiger partial charge is 0.337 e. The van der Waals surface area contributed by atoms with Gasteiger partial charge in [0.25, 0.3) is 0 Å². The second-order valence-corrected chi connectivity index (χ2v) is 7.04. The van der Waals surface area contributed by atoms with Crippen molar-refractivity contribution >= 4 is 17.6 Å². The van der Waals surface area contributed by atoms with Gasteiger partial charge in [-0.05, 0) is 36.0 Å². The van der Waals surface area contributed by atoms with E-state index in [0.717, 1.165) is 23.2 Å². The molecule has 5 rings (SSSR count). The number of imidazole rings is 1. The molecule has 4 heterocycles. The third-order valence-electron chi connectivity index (χ3n) is 5.29. The zero-order valence-electron chi connectivity index (χ0n) is 14.7. The van der Waals surface area contributed by atoms with Gasteiger partial charge in [0.1, 0.15) is 6.07 Å². The predicted octanol–water partition coefficient (Wildman–Crippen LogP) is 1.19. The van der Waals surface area contributed by atoms with Crippen molar-refractivity contribution < 1.29 is 9.59 Å². The lowest BCUT2D eigenvalue weighted by Gasteiger charge is -2.22. The topological polar surface area (TPSA) is 125 Å². The van der Waals surface area contributed by atoms with Gasteiger partial charge in [0, 0.05) is 36.9 Å². The Morgan fingerprint density at radius 3 is 2.93 bits per heavy atom. The summed E-state index contributed by atoms with van der Waals surface area (Å²) in [6, 6.07) is 5.41. The first kappa shape index (κ1) is 16.4. The Balaban J connectivity index is 1.51. The molecular formula is C19H15N7O2. The van der Waals surface area contributed by atoms with Crippen LogP contribution in [0.15, 0.2) is 36.9 Å². The Morgan fingerprint density at radius 1 is 1.21 bits per heavy atom. The number of amides is 3. The van der Waals surface area contributed by atoms with Crippen molar-refractivity contribution in [1.29, 1.82) is 5.26 Å². The molecular weight excluding hydrogens is 358 g/mol. The number of nitriles is 1. The van der Waals surface area contributed by atoms with Crippen LogP contribution in [0.3, 0.4) is 0 Å². The standard InChI is InChI=1S/C19H15N7O2/c20-6-10-3-11(8-21-7-10)12-4-13(12)14-5-16(25-26-2-1-22-17(14)26)15-9-23-19(28)24-18(15)27/h1-3,5,7-8,12-13,15H,4,9H2,(H2,23,24,27,28)/t12-,13+,15?/m1/s1. The summed E-state index contributed by atoms with van der Waals surface area (Å²) in [6.45, 7) is 0.208. The number of carbonyl (C=O) groups excluding carboxylic acids is 2. The van der Waals surface area contributed by atoms with E-state index >= 15 is 0 Å². The second-order valence-electron chi connectivity index (χ2n) is 7.04. The summed E-state index contributed by atoms with van der Waals surface area (Å²) >= 11 is 0. The lowest BCUT2D eigenvalue weighted by Crippen LogP contribution is -2.51. The van der Waals surface area contributed by atoms with Gasteiger partial charge in [0.15, 0.2) is 5.65 Å². The van der Waals surface area contributed by atoms with Crippen molar-refractivity contribution in [3.8, 4) is 6.07 Å².